The Labute approximate surface area is 190 Å². The highest BCUT2D eigenvalue weighted by atomic mass is 35.5. The van der Waals surface area contributed by atoms with Gasteiger partial charge in [-0.1, -0.05) is 59.8 Å². The summed E-state index contributed by atoms with van der Waals surface area (Å²) in [6.45, 7) is 1.71. The first-order valence-corrected chi connectivity index (χ1v) is 11.2. The van der Waals surface area contributed by atoms with E-state index in [0.717, 1.165) is 5.56 Å². The summed E-state index contributed by atoms with van der Waals surface area (Å²) in [5.74, 6) is -0.547. The quantitative estimate of drug-likeness (QED) is 0.522. The summed E-state index contributed by atoms with van der Waals surface area (Å²) in [7, 11) is 0. The number of halogens is 1. The van der Waals surface area contributed by atoms with E-state index >= 15 is 0 Å². The molecule has 0 saturated carbocycles. The smallest absolute Gasteiger partial charge is 0.267 e. The molecule has 2 aliphatic rings. The van der Waals surface area contributed by atoms with E-state index in [-0.39, 0.29) is 17.4 Å². The maximum Gasteiger partial charge on any atom is 0.267 e. The maximum atomic E-state index is 13.4. The fourth-order valence-electron chi connectivity index (χ4n) is 3.58. The molecule has 0 aromatic heterocycles. The number of carbonyl (C=O) groups is 2. The lowest BCUT2D eigenvalue weighted by Crippen LogP contribution is -2.42. The van der Waals surface area contributed by atoms with Gasteiger partial charge in [0.1, 0.15) is 16.7 Å². The zero-order valence-corrected chi connectivity index (χ0v) is 18.2. The fourth-order valence-corrected chi connectivity index (χ4v) is 5.08. The molecule has 2 heterocycles. The minimum absolute atomic E-state index is 0.0224. The Bertz CT molecular complexity index is 1060. The summed E-state index contributed by atoms with van der Waals surface area (Å²) in [6.07, 6.45) is 0.403. The predicted octanol–water partition coefficient (Wildman–Crippen LogP) is 3.63. The van der Waals surface area contributed by atoms with E-state index < -0.39 is 5.25 Å². The number of rotatable bonds is 4. The van der Waals surface area contributed by atoms with Crippen LogP contribution in [0.1, 0.15) is 5.56 Å². The van der Waals surface area contributed by atoms with Gasteiger partial charge in [-0.05, 0) is 30.2 Å². The van der Waals surface area contributed by atoms with Gasteiger partial charge >= 0.3 is 0 Å². The van der Waals surface area contributed by atoms with Crippen molar-refractivity contribution in [2.45, 2.75) is 11.7 Å². The van der Waals surface area contributed by atoms with E-state index in [0.29, 0.717) is 48.5 Å². The van der Waals surface area contributed by atoms with Crippen LogP contribution in [0.3, 0.4) is 0 Å². The number of benzene rings is 2. The van der Waals surface area contributed by atoms with Crippen molar-refractivity contribution in [2.75, 3.05) is 31.2 Å². The van der Waals surface area contributed by atoms with E-state index in [9.17, 15) is 14.9 Å². The molecule has 2 aromatic carbocycles. The Balaban J connectivity index is 1.73. The van der Waals surface area contributed by atoms with E-state index in [4.69, 9.17) is 16.3 Å². The number of thioether (sulfide) groups is 1. The number of nitrogens with zero attached hydrogens (tertiary/aromatic N) is 3. The maximum absolute atomic E-state index is 13.4. The average Bonchev–Trinajstić information content (AvgIpc) is 3.12. The van der Waals surface area contributed by atoms with Crippen LogP contribution in [0, 0.1) is 11.3 Å². The fraction of sp³-hybridized carbons (Fsp3) is 0.261. The zero-order chi connectivity index (χ0) is 21.8. The Morgan fingerprint density at radius 1 is 1.13 bits per heavy atom. The highest BCUT2D eigenvalue weighted by Crippen LogP contribution is 2.42. The van der Waals surface area contributed by atoms with Crippen molar-refractivity contribution >= 4 is 40.9 Å². The molecule has 2 amide bonds. The van der Waals surface area contributed by atoms with Crippen molar-refractivity contribution in [1.82, 2.24) is 4.90 Å². The Hall–Kier alpha value is -2.79. The average molecular weight is 454 g/mol. The van der Waals surface area contributed by atoms with Crippen molar-refractivity contribution in [1.29, 1.82) is 5.26 Å². The summed E-state index contributed by atoms with van der Waals surface area (Å²) in [5.41, 5.74) is 1.45. The number of ether oxygens (including phenoxy) is 1. The number of carbonyl (C=O) groups excluding carboxylic acids is 2. The van der Waals surface area contributed by atoms with Crippen LogP contribution in [0.15, 0.2) is 65.2 Å². The van der Waals surface area contributed by atoms with Crippen LogP contribution in [0.2, 0.25) is 5.02 Å². The van der Waals surface area contributed by atoms with Crippen LogP contribution in [0.5, 0.6) is 0 Å². The van der Waals surface area contributed by atoms with E-state index in [1.807, 2.05) is 36.4 Å². The highest BCUT2D eigenvalue weighted by Gasteiger charge is 2.41. The van der Waals surface area contributed by atoms with Crippen LogP contribution < -0.4 is 4.90 Å². The zero-order valence-electron chi connectivity index (χ0n) is 16.7. The Kier molecular flexibility index (Phi) is 6.62. The Morgan fingerprint density at radius 3 is 2.48 bits per heavy atom. The molecule has 4 rings (SSSR count). The molecular formula is C23H20ClN3O3S. The minimum Gasteiger partial charge on any atom is -0.378 e. The molecule has 2 fully saturated rings. The number of hydrogen-bond acceptors (Lipinski definition) is 5. The Morgan fingerprint density at radius 2 is 1.81 bits per heavy atom. The molecule has 0 radical (unpaired) electrons. The number of hydrogen-bond donors (Lipinski definition) is 0. The third kappa shape index (κ3) is 4.47. The molecule has 158 valence electrons. The summed E-state index contributed by atoms with van der Waals surface area (Å²) in [5, 5.41) is 10.4. The van der Waals surface area contributed by atoms with Crippen LogP contribution in [0.25, 0.3) is 0 Å². The van der Waals surface area contributed by atoms with Gasteiger partial charge in [0.15, 0.2) is 0 Å². The SMILES string of the molecule is N#C/C(C(=O)N1CCOCC1)=C1\S[C@@H](Cc2ccccc2Cl)C(=O)N1c1ccccc1. The van der Waals surface area contributed by atoms with Gasteiger partial charge < -0.3 is 9.64 Å². The lowest BCUT2D eigenvalue weighted by molar-refractivity contribution is -0.130. The van der Waals surface area contributed by atoms with Crippen molar-refractivity contribution < 1.29 is 14.3 Å². The molecule has 0 spiro atoms. The predicted molar refractivity (Wildman–Crippen MR) is 121 cm³/mol. The standard InChI is InChI=1S/C23H20ClN3O3S/c24-19-9-5-4-6-16(19)14-20-22(29)27(17-7-2-1-3-8-17)23(31-20)18(15-25)21(28)26-10-12-30-13-11-26/h1-9,20H,10-14H2/b23-18+/t20-/m0/s1. The topological polar surface area (TPSA) is 73.6 Å². The molecule has 1 atom stereocenters. The molecule has 0 bridgehead atoms. The van der Waals surface area contributed by atoms with Gasteiger partial charge in [-0.15, -0.1) is 0 Å². The molecular weight excluding hydrogens is 434 g/mol. The third-order valence-electron chi connectivity index (χ3n) is 5.17. The molecule has 8 heteroatoms. The van der Waals surface area contributed by atoms with Crippen LogP contribution in [-0.4, -0.2) is 48.3 Å². The molecule has 2 saturated heterocycles. The largest absolute Gasteiger partial charge is 0.378 e. The minimum atomic E-state index is -0.490. The summed E-state index contributed by atoms with van der Waals surface area (Å²) >= 11 is 7.56. The molecule has 31 heavy (non-hydrogen) atoms. The number of anilines is 1. The monoisotopic (exact) mass is 453 g/mol. The van der Waals surface area contributed by atoms with Crippen LogP contribution in [0.4, 0.5) is 5.69 Å². The van der Waals surface area contributed by atoms with Gasteiger partial charge in [0, 0.05) is 23.8 Å². The summed E-state index contributed by atoms with van der Waals surface area (Å²) < 4.78 is 5.32. The van der Waals surface area contributed by atoms with Crippen LogP contribution in [-0.2, 0) is 20.7 Å². The van der Waals surface area contributed by atoms with Gasteiger partial charge in [-0.25, -0.2) is 0 Å². The lowest BCUT2D eigenvalue weighted by Gasteiger charge is -2.27. The highest BCUT2D eigenvalue weighted by molar-refractivity contribution is 8.05. The molecule has 2 aliphatic heterocycles. The van der Waals surface area contributed by atoms with Crippen molar-refractivity contribution in [2.24, 2.45) is 0 Å². The van der Waals surface area contributed by atoms with Gasteiger partial charge in [0.05, 0.1) is 18.5 Å². The second kappa shape index (κ2) is 9.56. The molecule has 0 unspecified atom stereocenters. The van der Waals surface area contributed by atoms with Gasteiger partial charge in [0.25, 0.3) is 5.91 Å². The van der Waals surface area contributed by atoms with Gasteiger partial charge in [-0.2, -0.15) is 5.26 Å². The number of nitriles is 1. The van der Waals surface area contributed by atoms with Crippen molar-refractivity contribution in [3.05, 3.63) is 75.8 Å². The molecule has 0 N–H and O–H groups in total. The van der Waals surface area contributed by atoms with E-state index in [2.05, 4.69) is 6.07 Å². The first-order chi connectivity index (χ1) is 15.1. The van der Waals surface area contributed by atoms with Gasteiger partial charge in [-0.3, -0.25) is 14.5 Å². The summed E-state index contributed by atoms with van der Waals surface area (Å²) in [6, 6.07) is 18.5. The molecule has 0 aliphatic carbocycles. The van der Waals surface area contributed by atoms with Gasteiger partial charge in [0.2, 0.25) is 5.91 Å². The second-order valence-electron chi connectivity index (χ2n) is 7.11. The molecule has 6 nitrogen and oxygen atoms in total. The normalized spacial score (nSPS) is 20.5. The molecule has 2 aromatic rings. The third-order valence-corrected chi connectivity index (χ3v) is 6.80. The second-order valence-corrected chi connectivity index (χ2v) is 8.71. The number of morpholine rings is 1. The number of amides is 2. The first kappa shape index (κ1) is 21.4. The van der Waals surface area contributed by atoms with E-state index in [1.165, 1.54) is 16.7 Å². The van der Waals surface area contributed by atoms with Crippen molar-refractivity contribution in [3.8, 4) is 6.07 Å². The van der Waals surface area contributed by atoms with Crippen molar-refractivity contribution in [3.63, 3.8) is 0 Å². The number of para-hydroxylation sites is 1. The van der Waals surface area contributed by atoms with Crippen LogP contribution >= 0.6 is 23.4 Å². The summed E-state index contributed by atoms with van der Waals surface area (Å²) in [4.78, 5) is 29.7. The lowest BCUT2D eigenvalue weighted by atomic mass is 10.1. The van der Waals surface area contributed by atoms with E-state index in [1.54, 1.807) is 23.1 Å². The first-order valence-electron chi connectivity index (χ1n) is 9.90.